The predicted octanol–water partition coefficient (Wildman–Crippen LogP) is 5.10. The first-order valence-electron chi connectivity index (χ1n) is 7.73. The summed E-state index contributed by atoms with van der Waals surface area (Å²) in [5.74, 6) is 0.864. The highest BCUT2D eigenvalue weighted by molar-refractivity contribution is 4.73. The van der Waals surface area contributed by atoms with Gasteiger partial charge in [0, 0.05) is 6.42 Å². The van der Waals surface area contributed by atoms with Crippen molar-refractivity contribution < 1.29 is 4.48 Å². The molecule has 0 bridgehead atoms. The molecule has 0 aromatic rings. The molecule has 0 saturated carbocycles. The van der Waals surface area contributed by atoms with E-state index in [9.17, 15) is 0 Å². The fourth-order valence-corrected chi connectivity index (χ4v) is 2.41. The Labute approximate surface area is 117 Å². The van der Waals surface area contributed by atoms with Crippen molar-refractivity contribution in [2.45, 2.75) is 79.2 Å². The topological polar surface area (TPSA) is 0 Å². The first-order valence-corrected chi connectivity index (χ1v) is 7.73. The van der Waals surface area contributed by atoms with E-state index in [1.807, 2.05) is 0 Å². The quantitative estimate of drug-likeness (QED) is 0.530. The molecular formula is C17H38N+. The van der Waals surface area contributed by atoms with Crippen molar-refractivity contribution in [1.29, 1.82) is 0 Å². The molecule has 0 amide bonds. The maximum absolute atomic E-state index is 2.43. The van der Waals surface area contributed by atoms with Crippen molar-refractivity contribution in [3.63, 3.8) is 0 Å². The molecule has 0 aliphatic carbocycles. The van der Waals surface area contributed by atoms with Crippen LogP contribution in [0.25, 0.3) is 0 Å². The SMILES string of the molecule is CCC(C)(C)CC(C)CCCC(C)(C)[N+](C)(C)C. The van der Waals surface area contributed by atoms with Crippen molar-refractivity contribution >= 4 is 0 Å². The Bertz CT molecular complexity index is 232. The normalized spacial score (nSPS) is 15.8. The van der Waals surface area contributed by atoms with Crippen LogP contribution in [-0.4, -0.2) is 31.2 Å². The fourth-order valence-electron chi connectivity index (χ4n) is 2.41. The molecule has 0 spiro atoms. The second kappa shape index (κ2) is 6.41. The Balaban J connectivity index is 4.06. The van der Waals surface area contributed by atoms with Crippen LogP contribution < -0.4 is 0 Å². The predicted molar refractivity (Wildman–Crippen MR) is 83.8 cm³/mol. The highest BCUT2D eigenvalue weighted by atomic mass is 15.3. The summed E-state index contributed by atoms with van der Waals surface area (Å²) < 4.78 is 1.06. The minimum atomic E-state index is 0.389. The van der Waals surface area contributed by atoms with Gasteiger partial charge in [-0.1, -0.05) is 40.5 Å². The maximum Gasteiger partial charge on any atom is 0.0929 e. The van der Waals surface area contributed by atoms with E-state index in [0.717, 1.165) is 10.4 Å². The molecule has 0 fully saturated rings. The second-order valence-corrected chi connectivity index (χ2v) is 8.54. The molecule has 0 aromatic heterocycles. The number of hydrogen-bond acceptors (Lipinski definition) is 0. The molecule has 18 heavy (non-hydrogen) atoms. The van der Waals surface area contributed by atoms with Gasteiger partial charge >= 0.3 is 0 Å². The summed E-state index contributed by atoms with van der Waals surface area (Å²) in [4.78, 5) is 0. The van der Waals surface area contributed by atoms with Crippen LogP contribution in [0.4, 0.5) is 0 Å². The summed E-state index contributed by atoms with van der Waals surface area (Å²) in [5, 5.41) is 0. The van der Waals surface area contributed by atoms with E-state index in [-0.39, 0.29) is 0 Å². The molecule has 0 rings (SSSR count). The van der Waals surface area contributed by atoms with Crippen LogP contribution in [0.1, 0.15) is 73.6 Å². The van der Waals surface area contributed by atoms with Crippen LogP contribution in [0.3, 0.4) is 0 Å². The monoisotopic (exact) mass is 256 g/mol. The first-order chi connectivity index (χ1) is 7.91. The molecule has 1 nitrogen and oxygen atoms in total. The largest absolute Gasteiger partial charge is 0.327 e. The molecule has 0 radical (unpaired) electrons. The third-order valence-corrected chi connectivity index (χ3v) is 5.16. The van der Waals surface area contributed by atoms with Gasteiger partial charge in [0.15, 0.2) is 0 Å². The number of rotatable bonds is 8. The summed E-state index contributed by atoms with van der Waals surface area (Å²) in [6.45, 7) is 14.3. The van der Waals surface area contributed by atoms with Gasteiger partial charge < -0.3 is 4.48 Å². The van der Waals surface area contributed by atoms with Gasteiger partial charge in [-0.3, -0.25) is 0 Å². The Hall–Kier alpha value is -0.0400. The number of nitrogens with zero attached hydrogens (tertiary/aromatic N) is 1. The van der Waals surface area contributed by atoms with Gasteiger partial charge in [-0.2, -0.15) is 0 Å². The molecule has 1 heteroatoms. The standard InChI is InChI=1S/C17H38N/c1-10-16(3,4)14-15(2)12-11-13-17(5,6)18(7,8)9/h15H,10-14H2,1-9H3/q+1. The molecule has 0 heterocycles. The third kappa shape index (κ3) is 6.22. The summed E-state index contributed by atoms with van der Waals surface area (Å²) in [6, 6.07) is 0. The van der Waals surface area contributed by atoms with Gasteiger partial charge in [0.25, 0.3) is 0 Å². The van der Waals surface area contributed by atoms with E-state index < -0.39 is 0 Å². The lowest BCUT2D eigenvalue weighted by molar-refractivity contribution is -0.920. The van der Waals surface area contributed by atoms with E-state index in [1.54, 1.807) is 0 Å². The average Bonchev–Trinajstić information content (AvgIpc) is 2.14. The lowest BCUT2D eigenvalue weighted by atomic mass is 9.79. The molecule has 110 valence electrons. The Morgan fingerprint density at radius 3 is 1.89 bits per heavy atom. The van der Waals surface area contributed by atoms with Crippen LogP contribution in [-0.2, 0) is 0 Å². The van der Waals surface area contributed by atoms with Crippen molar-refractivity contribution in [1.82, 2.24) is 0 Å². The van der Waals surface area contributed by atoms with Gasteiger partial charge in [0.05, 0.1) is 26.7 Å². The lowest BCUT2D eigenvalue weighted by Gasteiger charge is -2.41. The third-order valence-electron chi connectivity index (χ3n) is 5.16. The molecule has 1 atom stereocenters. The summed E-state index contributed by atoms with van der Waals surface area (Å²) in [6.07, 6.45) is 6.74. The minimum Gasteiger partial charge on any atom is -0.327 e. The van der Waals surface area contributed by atoms with Crippen LogP contribution >= 0.6 is 0 Å². The van der Waals surface area contributed by atoms with Crippen LogP contribution in [0.5, 0.6) is 0 Å². The first kappa shape index (κ1) is 18.0. The number of hydrogen-bond donors (Lipinski definition) is 0. The van der Waals surface area contributed by atoms with Crippen molar-refractivity contribution in [3.8, 4) is 0 Å². The minimum absolute atomic E-state index is 0.389. The van der Waals surface area contributed by atoms with E-state index in [4.69, 9.17) is 0 Å². The molecule has 1 unspecified atom stereocenters. The number of quaternary nitrogens is 1. The van der Waals surface area contributed by atoms with Crippen molar-refractivity contribution in [3.05, 3.63) is 0 Å². The van der Waals surface area contributed by atoms with E-state index >= 15 is 0 Å². The highest BCUT2D eigenvalue weighted by Crippen LogP contribution is 2.32. The van der Waals surface area contributed by atoms with E-state index in [0.29, 0.717) is 11.0 Å². The van der Waals surface area contributed by atoms with Crippen molar-refractivity contribution in [2.75, 3.05) is 21.1 Å². The van der Waals surface area contributed by atoms with Crippen LogP contribution in [0, 0.1) is 11.3 Å². The fraction of sp³-hybridized carbons (Fsp3) is 1.00. The maximum atomic E-state index is 2.43. The second-order valence-electron chi connectivity index (χ2n) is 8.54. The molecule has 0 aliphatic rings. The summed E-state index contributed by atoms with van der Waals surface area (Å²) in [5.41, 5.74) is 0.912. The van der Waals surface area contributed by atoms with Crippen LogP contribution in [0.15, 0.2) is 0 Å². The molecular weight excluding hydrogens is 218 g/mol. The van der Waals surface area contributed by atoms with Gasteiger partial charge in [-0.25, -0.2) is 0 Å². The molecule has 0 aliphatic heterocycles. The highest BCUT2D eigenvalue weighted by Gasteiger charge is 2.32. The zero-order chi connectivity index (χ0) is 14.6. The van der Waals surface area contributed by atoms with Gasteiger partial charge in [0.2, 0.25) is 0 Å². The smallest absolute Gasteiger partial charge is 0.0929 e. The van der Waals surface area contributed by atoms with Crippen LogP contribution in [0.2, 0.25) is 0 Å². The lowest BCUT2D eigenvalue weighted by Crippen LogP contribution is -2.52. The van der Waals surface area contributed by atoms with Gasteiger partial charge in [-0.05, 0) is 38.0 Å². The zero-order valence-electron chi connectivity index (χ0n) is 14.6. The van der Waals surface area contributed by atoms with E-state index in [2.05, 4.69) is 62.7 Å². The summed E-state index contributed by atoms with van der Waals surface area (Å²) >= 11 is 0. The van der Waals surface area contributed by atoms with Gasteiger partial charge in [-0.15, -0.1) is 0 Å². The summed E-state index contributed by atoms with van der Waals surface area (Å²) in [7, 11) is 6.93. The molecule has 0 N–H and O–H groups in total. The molecule has 0 saturated heterocycles. The molecule has 0 aromatic carbocycles. The zero-order valence-corrected chi connectivity index (χ0v) is 14.6. The van der Waals surface area contributed by atoms with E-state index in [1.165, 1.54) is 32.1 Å². The van der Waals surface area contributed by atoms with Gasteiger partial charge in [0.1, 0.15) is 0 Å². The van der Waals surface area contributed by atoms with Crippen molar-refractivity contribution in [2.24, 2.45) is 11.3 Å². The Kier molecular flexibility index (Phi) is 6.40. The average molecular weight is 256 g/mol. The Morgan fingerprint density at radius 1 is 1.00 bits per heavy atom. The Morgan fingerprint density at radius 2 is 1.50 bits per heavy atom.